The first-order valence-corrected chi connectivity index (χ1v) is 16.3. The molecule has 0 saturated heterocycles. The Bertz CT molecular complexity index is 1490. The lowest BCUT2D eigenvalue weighted by atomic mass is 9.95. The van der Waals surface area contributed by atoms with Gasteiger partial charge in [-0.1, -0.05) is 55.2 Å². The SMILES string of the molecule is COc1ccc(CN(C(=O)CN(c2cc(C)cc(C)c2)S(=O)(=O)c2ccc(C)cc2)[C@@H](C)C(=O)NC2CCCCC2)cc1. The number of nitrogens with one attached hydrogen (secondary N) is 1. The van der Waals surface area contributed by atoms with Gasteiger partial charge in [-0.05, 0) is 93.6 Å². The van der Waals surface area contributed by atoms with E-state index in [1.807, 2.05) is 39.0 Å². The van der Waals surface area contributed by atoms with Gasteiger partial charge in [0.2, 0.25) is 11.8 Å². The highest BCUT2D eigenvalue weighted by molar-refractivity contribution is 7.92. The number of amides is 2. The standard InChI is InChI=1S/C34H43N3O5S/c1-24-11-17-32(18-12-24)43(40,41)37(30-20-25(2)19-26(3)21-30)23-33(38)36(22-28-13-15-31(42-5)16-14-28)27(4)34(39)35-29-9-7-6-8-10-29/h11-21,27,29H,6-10,22-23H2,1-5H3,(H,35,39)/t27-/m0/s1. The summed E-state index contributed by atoms with van der Waals surface area (Å²) >= 11 is 0. The number of benzene rings is 3. The highest BCUT2D eigenvalue weighted by Crippen LogP contribution is 2.27. The summed E-state index contributed by atoms with van der Waals surface area (Å²) < 4.78 is 34.6. The van der Waals surface area contributed by atoms with Crippen LogP contribution in [-0.4, -0.2) is 50.9 Å². The maximum Gasteiger partial charge on any atom is 0.264 e. The minimum absolute atomic E-state index is 0.0790. The average Bonchev–Trinajstić information content (AvgIpc) is 2.98. The van der Waals surface area contributed by atoms with Gasteiger partial charge in [0.05, 0.1) is 17.7 Å². The maximum absolute atomic E-state index is 14.2. The van der Waals surface area contributed by atoms with E-state index in [0.717, 1.165) is 58.7 Å². The first-order chi connectivity index (χ1) is 20.5. The molecule has 1 N–H and O–H groups in total. The number of nitrogens with zero attached hydrogens (tertiary/aromatic N) is 2. The smallest absolute Gasteiger partial charge is 0.264 e. The molecule has 0 radical (unpaired) electrons. The maximum atomic E-state index is 14.2. The van der Waals surface area contributed by atoms with Crippen molar-refractivity contribution in [1.29, 1.82) is 0 Å². The van der Waals surface area contributed by atoms with Gasteiger partial charge in [-0.15, -0.1) is 0 Å². The van der Waals surface area contributed by atoms with Crippen molar-refractivity contribution in [2.24, 2.45) is 0 Å². The lowest BCUT2D eigenvalue weighted by Gasteiger charge is -2.33. The number of methoxy groups -OCH3 is 1. The Labute approximate surface area is 256 Å². The fourth-order valence-electron chi connectivity index (χ4n) is 5.54. The quantitative estimate of drug-likeness (QED) is 0.303. The van der Waals surface area contributed by atoms with Crippen molar-refractivity contribution in [1.82, 2.24) is 10.2 Å². The molecule has 1 atom stereocenters. The molecule has 0 unspecified atom stereocenters. The molecule has 1 aliphatic rings. The lowest BCUT2D eigenvalue weighted by molar-refractivity contribution is -0.139. The van der Waals surface area contributed by atoms with E-state index >= 15 is 0 Å². The second kappa shape index (κ2) is 14.1. The molecule has 43 heavy (non-hydrogen) atoms. The molecule has 1 aliphatic carbocycles. The van der Waals surface area contributed by atoms with Gasteiger partial charge < -0.3 is 15.0 Å². The predicted molar refractivity (Wildman–Crippen MR) is 170 cm³/mol. The molecule has 3 aromatic carbocycles. The number of hydrogen-bond donors (Lipinski definition) is 1. The zero-order chi connectivity index (χ0) is 31.1. The monoisotopic (exact) mass is 605 g/mol. The molecule has 0 aromatic heterocycles. The van der Waals surface area contributed by atoms with Gasteiger partial charge in [0.15, 0.2) is 0 Å². The van der Waals surface area contributed by atoms with Crippen molar-refractivity contribution >= 4 is 27.5 Å². The average molecular weight is 606 g/mol. The highest BCUT2D eigenvalue weighted by atomic mass is 32.2. The van der Waals surface area contributed by atoms with Crippen molar-refractivity contribution in [2.75, 3.05) is 18.0 Å². The Morgan fingerprint density at radius 2 is 1.49 bits per heavy atom. The third kappa shape index (κ3) is 8.16. The number of carbonyl (C=O) groups excluding carboxylic acids is 2. The topological polar surface area (TPSA) is 96.0 Å². The van der Waals surface area contributed by atoms with E-state index in [-0.39, 0.29) is 23.4 Å². The number of aryl methyl sites for hydroxylation is 3. The molecular formula is C34H43N3O5S. The summed E-state index contributed by atoms with van der Waals surface area (Å²) in [5.41, 5.74) is 3.88. The Morgan fingerprint density at radius 1 is 0.884 bits per heavy atom. The summed E-state index contributed by atoms with van der Waals surface area (Å²) in [5.74, 6) is -0.0417. The number of rotatable bonds is 11. The van der Waals surface area contributed by atoms with E-state index in [1.54, 1.807) is 62.6 Å². The van der Waals surface area contributed by atoms with E-state index in [4.69, 9.17) is 4.74 Å². The Hall–Kier alpha value is -3.85. The third-order valence-corrected chi connectivity index (χ3v) is 9.80. The van der Waals surface area contributed by atoms with Crippen molar-refractivity contribution in [3.05, 3.63) is 89.0 Å². The summed E-state index contributed by atoms with van der Waals surface area (Å²) in [6.07, 6.45) is 5.12. The van der Waals surface area contributed by atoms with Gasteiger partial charge in [0.25, 0.3) is 10.0 Å². The summed E-state index contributed by atoms with van der Waals surface area (Å²) in [6.45, 7) is 7.04. The lowest BCUT2D eigenvalue weighted by Crippen LogP contribution is -2.53. The van der Waals surface area contributed by atoms with E-state index in [1.165, 1.54) is 4.90 Å². The summed E-state index contributed by atoms with van der Waals surface area (Å²) in [5, 5.41) is 3.13. The Morgan fingerprint density at radius 3 is 2.07 bits per heavy atom. The summed E-state index contributed by atoms with van der Waals surface area (Å²) in [6, 6.07) is 18.6. The van der Waals surface area contributed by atoms with Crippen LogP contribution in [0.5, 0.6) is 5.75 Å². The van der Waals surface area contributed by atoms with Crippen LogP contribution in [-0.2, 0) is 26.2 Å². The molecule has 0 spiro atoms. The van der Waals surface area contributed by atoms with Crippen LogP contribution in [0.3, 0.4) is 0 Å². The van der Waals surface area contributed by atoms with E-state index in [9.17, 15) is 18.0 Å². The zero-order valence-corrected chi connectivity index (χ0v) is 26.6. The summed E-state index contributed by atoms with van der Waals surface area (Å²) in [4.78, 5) is 29.3. The van der Waals surface area contributed by atoms with E-state index in [2.05, 4.69) is 5.32 Å². The number of carbonyl (C=O) groups is 2. The first-order valence-electron chi connectivity index (χ1n) is 14.9. The molecule has 9 heteroatoms. The second-order valence-corrected chi connectivity index (χ2v) is 13.4. The second-order valence-electron chi connectivity index (χ2n) is 11.6. The number of anilines is 1. The van der Waals surface area contributed by atoms with Crippen LogP contribution >= 0.6 is 0 Å². The fourth-order valence-corrected chi connectivity index (χ4v) is 6.94. The molecule has 1 saturated carbocycles. The van der Waals surface area contributed by atoms with Gasteiger partial charge in [-0.25, -0.2) is 8.42 Å². The summed E-state index contributed by atoms with van der Waals surface area (Å²) in [7, 11) is -2.53. The van der Waals surface area contributed by atoms with Crippen molar-refractivity contribution in [3.8, 4) is 5.75 Å². The molecule has 2 amide bonds. The van der Waals surface area contributed by atoms with Crippen LogP contribution < -0.4 is 14.4 Å². The molecule has 0 heterocycles. The number of ether oxygens (including phenoxy) is 1. The van der Waals surface area contributed by atoms with Crippen LogP contribution in [0.2, 0.25) is 0 Å². The van der Waals surface area contributed by atoms with E-state index in [0.29, 0.717) is 11.4 Å². The Kier molecular flexibility index (Phi) is 10.5. The van der Waals surface area contributed by atoms with Crippen LogP contribution in [0.15, 0.2) is 71.6 Å². The minimum atomic E-state index is -4.11. The van der Waals surface area contributed by atoms with Gasteiger partial charge in [0, 0.05) is 12.6 Å². The van der Waals surface area contributed by atoms with Gasteiger partial charge in [-0.2, -0.15) is 0 Å². The van der Waals surface area contributed by atoms with Crippen molar-refractivity contribution < 1.29 is 22.7 Å². The zero-order valence-electron chi connectivity index (χ0n) is 25.8. The molecule has 3 aromatic rings. The number of sulfonamides is 1. The van der Waals surface area contributed by atoms with Gasteiger partial charge in [-0.3, -0.25) is 13.9 Å². The molecular weight excluding hydrogens is 562 g/mol. The molecule has 0 aliphatic heterocycles. The molecule has 4 rings (SSSR count). The Balaban J connectivity index is 1.70. The van der Waals surface area contributed by atoms with Crippen LogP contribution in [0.4, 0.5) is 5.69 Å². The van der Waals surface area contributed by atoms with Gasteiger partial charge >= 0.3 is 0 Å². The minimum Gasteiger partial charge on any atom is -0.497 e. The third-order valence-electron chi connectivity index (χ3n) is 8.01. The van der Waals surface area contributed by atoms with Crippen LogP contribution in [0, 0.1) is 20.8 Å². The molecule has 1 fully saturated rings. The largest absolute Gasteiger partial charge is 0.497 e. The fraction of sp³-hybridized carbons (Fsp3) is 0.412. The van der Waals surface area contributed by atoms with Gasteiger partial charge in [0.1, 0.15) is 18.3 Å². The molecule has 0 bridgehead atoms. The van der Waals surface area contributed by atoms with Crippen LogP contribution in [0.1, 0.15) is 61.3 Å². The molecule has 8 nitrogen and oxygen atoms in total. The van der Waals surface area contributed by atoms with E-state index < -0.39 is 28.5 Å². The highest BCUT2D eigenvalue weighted by Gasteiger charge is 2.33. The normalized spacial score (nSPS) is 14.5. The van der Waals surface area contributed by atoms with Crippen molar-refractivity contribution in [3.63, 3.8) is 0 Å². The first kappa shape index (κ1) is 32.1. The number of hydrogen-bond acceptors (Lipinski definition) is 5. The van der Waals surface area contributed by atoms with Crippen LogP contribution in [0.25, 0.3) is 0 Å². The predicted octanol–water partition coefficient (Wildman–Crippen LogP) is 5.68. The van der Waals surface area contributed by atoms with Crippen molar-refractivity contribution in [2.45, 2.75) is 83.3 Å². The molecule has 230 valence electrons.